The van der Waals surface area contributed by atoms with Gasteiger partial charge in [-0.1, -0.05) is 35.8 Å². The van der Waals surface area contributed by atoms with Gasteiger partial charge in [-0.3, -0.25) is 4.79 Å². The smallest absolute Gasteiger partial charge is 0.235 e. The molecule has 1 aromatic carbocycles. The van der Waals surface area contributed by atoms with Crippen molar-refractivity contribution in [2.24, 2.45) is 5.92 Å². The monoisotopic (exact) mass is 267 g/mol. The van der Waals surface area contributed by atoms with Gasteiger partial charge < -0.3 is 5.32 Å². The molecule has 1 aliphatic heterocycles. The zero-order chi connectivity index (χ0) is 11.2. The maximum Gasteiger partial charge on any atom is 0.235 e. The van der Waals surface area contributed by atoms with Gasteiger partial charge in [0.2, 0.25) is 5.91 Å². The topological polar surface area (TPSA) is 29.1 Å². The molecule has 0 bridgehead atoms. The highest BCUT2D eigenvalue weighted by atomic mass is 79.9. The third kappa shape index (κ3) is 1.41. The SMILES string of the molecule is CC(C)C1(C)C(=O)Nc2cc(Br)ccc21. The summed E-state index contributed by atoms with van der Waals surface area (Å²) in [5, 5.41) is 2.94. The first-order valence-corrected chi connectivity index (χ1v) is 5.87. The van der Waals surface area contributed by atoms with Gasteiger partial charge >= 0.3 is 0 Å². The fourth-order valence-electron chi connectivity index (χ4n) is 2.02. The lowest BCUT2D eigenvalue weighted by molar-refractivity contribution is -0.121. The van der Waals surface area contributed by atoms with Gasteiger partial charge in [0.15, 0.2) is 0 Å². The van der Waals surface area contributed by atoms with E-state index in [4.69, 9.17) is 0 Å². The molecule has 0 saturated heterocycles. The van der Waals surface area contributed by atoms with Crippen molar-refractivity contribution >= 4 is 27.5 Å². The zero-order valence-electron chi connectivity index (χ0n) is 9.10. The fraction of sp³-hybridized carbons (Fsp3) is 0.417. The third-order valence-electron chi connectivity index (χ3n) is 3.42. The Balaban J connectivity index is 2.60. The van der Waals surface area contributed by atoms with Crippen LogP contribution in [-0.4, -0.2) is 5.91 Å². The highest BCUT2D eigenvalue weighted by Crippen LogP contribution is 2.43. The molecule has 0 fully saturated rings. The molecule has 15 heavy (non-hydrogen) atoms. The maximum atomic E-state index is 12.0. The van der Waals surface area contributed by atoms with Gasteiger partial charge in [-0.05, 0) is 30.5 Å². The van der Waals surface area contributed by atoms with Gasteiger partial charge in [-0.25, -0.2) is 0 Å². The van der Waals surface area contributed by atoms with Crippen LogP contribution in [0, 0.1) is 5.92 Å². The second-order valence-corrected chi connectivity index (χ2v) is 5.42. The molecular formula is C12H14BrNO. The van der Waals surface area contributed by atoms with E-state index in [1.165, 1.54) is 0 Å². The molecule has 0 spiro atoms. The number of fused-ring (bicyclic) bond motifs is 1. The molecular weight excluding hydrogens is 254 g/mol. The predicted molar refractivity (Wildman–Crippen MR) is 65.0 cm³/mol. The lowest BCUT2D eigenvalue weighted by Gasteiger charge is -2.26. The zero-order valence-corrected chi connectivity index (χ0v) is 10.7. The second kappa shape index (κ2) is 3.34. The normalized spacial score (nSPS) is 24.2. The minimum absolute atomic E-state index is 0.102. The Morgan fingerprint density at radius 2 is 2.07 bits per heavy atom. The lowest BCUT2D eigenvalue weighted by atomic mass is 9.74. The van der Waals surface area contributed by atoms with E-state index in [0.29, 0.717) is 5.92 Å². The quantitative estimate of drug-likeness (QED) is 0.831. The van der Waals surface area contributed by atoms with E-state index in [1.807, 2.05) is 25.1 Å². The fourth-order valence-corrected chi connectivity index (χ4v) is 2.38. The first-order chi connectivity index (χ1) is 6.96. The molecule has 0 saturated carbocycles. The number of hydrogen-bond donors (Lipinski definition) is 1. The van der Waals surface area contributed by atoms with Gasteiger partial charge in [-0.15, -0.1) is 0 Å². The van der Waals surface area contributed by atoms with Crippen molar-refractivity contribution in [3.05, 3.63) is 28.2 Å². The summed E-state index contributed by atoms with van der Waals surface area (Å²) < 4.78 is 0.995. The third-order valence-corrected chi connectivity index (χ3v) is 3.91. The van der Waals surface area contributed by atoms with Crippen molar-refractivity contribution < 1.29 is 4.79 Å². The molecule has 0 aliphatic carbocycles. The highest BCUT2D eigenvalue weighted by Gasteiger charge is 2.44. The number of nitrogens with one attached hydrogen (secondary N) is 1. The molecule has 80 valence electrons. The molecule has 1 N–H and O–H groups in total. The van der Waals surface area contributed by atoms with E-state index in [9.17, 15) is 4.79 Å². The number of anilines is 1. The van der Waals surface area contributed by atoms with E-state index in [2.05, 4.69) is 35.1 Å². The molecule has 1 aliphatic rings. The molecule has 3 heteroatoms. The van der Waals surface area contributed by atoms with Crippen molar-refractivity contribution in [2.75, 3.05) is 5.32 Å². The number of carbonyl (C=O) groups is 1. The van der Waals surface area contributed by atoms with Crippen molar-refractivity contribution in [1.82, 2.24) is 0 Å². The molecule has 1 amide bonds. The number of hydrogen-bond acceptors (Lipinski definition) is 1. The van der Waals surface area contributed by atoms with Crippen LogP contribution in [0.3, 0.4) is 0 Å². The molecule has 2 nitrogen and oxygen atoms in total. The van der Waals surface area contributed by atoms with E-state index in [-0.39, 0.29) is 5.91 Å². The van der Waals surface area contributed by atoms with E-state index in [0.717, 1.165) is 15.7 Å². The van der Waals surface area contributed by atoms with Crippen LogP contribution in [0.1, 0.15) is 26.3 Å². The van der Waals surface area contributed by atoms with E-state index in [1.54, 1.807) is 0 Å². The largest absolute Gasteiger partial charge is 0.325 e. The Labute approximate surface area is 98.2 Å². The number of amides is 1. The molecule has 0 radical (unpaired) electrons. The molecule has 2 rings (SSSR count). The van der Waals surface area contributed by atoms with Crippen molar-refractivity contribution in [3.63, 3.8) is 0 Å². The van der Waals surface area contributed by atoms with Crippen LogP contribution in [0.4, 0.5) is 5.69 Å². The van der Waals surface area contributed by atoms with E-state index >= 15 is 0 Å². The van der Waals surface area contributed by atoms with Gasteiger partial charge in [-0.2, -0.15) is 0 Å². The summed E-state index contributed by atoms with van der Waals surface area (Å²) in [5.41, 5.74) is 1.65. The Morgan fingerprint density at radius 1 is 1.40 bits per heavy atom. The molecule has 1 heterocycles. The van der Waals surface area contributed by atoms with Crippen LogP contribution in [0.15, 0.2) is 22.7 Å². The number of benzene rings is 1. The first kappa shape index (κ1) is 10.7. The van der Waals surface area contributed by atoms with Crippen LogP contribution in [0.5, 0.6) is 0 Å². The van der Waals surface area contributed by atoms with E-state index < -0.39 is 5.41 Å². The van der Waals surface area contributed by atoms with Gasteiger partial charge in [0.1, 0.15) is 0 Å². The molecule has 1 atom stereocenters. The predicted octanol–water partition coefficient (Wildman–Crippen LogP) is 3.31. The minimum atomic E-state index is -0.393. The Morgan fingerprint density at radius 3 is 2.67 bits per heavy atom. The Hall–Kier alpha value is -0.830. The van der Waals surface area contributed by atoms with Crippen LogP contribution in [-0.2, 0) is 10.2 Å². The van der Waals surface area contributed by atoms with Crippen molar-refractivity contribution in [1.29, 1.82) is 0 Å². The Bertz CT molecular complexity index is 428. The van der Waals surface area contributed by atoms with Crippen LogP contribution in [0.25, 0.3) is 0 Å². The summed E-state index contributed by atoms with van der Waals surface area (Å²) in [7, 11) is 0. The second-order valence-electron chi connectivity index (χ2n) is 4.50. The minimum Gasteiger partial charge on any atom is -0.325 e. The average Bonchev–Trinajstić information content (AvgIpc) is 2.39. The summed E-state index contributed by atoms with van der Waals surface area (Å²) in [6.07, 6.45) is 0. The molecule has 1 unspecified atom stereocenters. The van der Waals surface area contributed by atoms with Crippen LogP contribution in [0.2, 0.25) is 0 Å². The van der Waals surface area contributed by atoms with Crippen LogP contribution >= 0.6 is 15.9 Å². The number of carbonyl (C=O) groups excluding carboxylic acids is 1. The van der Waals surface area contributed by atoms with Crippen molar-refractivity contribution in [3.8, 4) is 0 Å². The van der Waals surface area contributed by atoms with Crippen molar-refractivity contribution in [2.45, 2.75) is 26.2 Å². The Kier molecular flexibility index (Phi) is 2.38. The number of halogens is 1. The van der Waals surface area contributed by atoms with Gasteiger partial charge in [0, 0.05) is 10.2 Å². The highest BCUT2D eigenvalue weighted by molar-refractivity contribution is 9.10. The molecule has 1 aromatic rings. The summed E-state index contributed by atoms with van der Waals surface area (Å²) in [4.78, 5) is 12.0. The summed E-state index contributed by atoms with van der Waals surface area (Å²) in [6.45, 7) is 6.17. The maximum absolute atomic E-state index is 12.0. The first-order valence-electron chi connectivity index (χ1n) is 5.07. The van der Waals surface area contributed by atoms with Gasteiger partial charge in [0.25, 0.3) is 0 Å². The summed E-state index contributed by atoms with van der Waals surface area (Å²) >= 11 is 3.41. The summed E-state index contributed by atoms with van der Waals surface area (Å²) in [6, 6.07) is 5.97. The van der Waals surface area contributed by atoms with Gasteiger partial charge in [0.05, 0.1) is 5.41 Å². The number of rotatable bonds is 1. The standard InChI is InChI=1S/C12H14BrNO/c1-7(2)12(3)9-5-4-8(13)6-10(9)14-11(12)15/h4-7H,1-3H3,(H,14,15). The molecule has 0 aromatic heterocycles. The van der Waals surface area contributed by atoms with Crippen LogP contribution < -0.4 is 5.32 Å². The lowest BCUT2D eigenvalue weighted by Crippen LogP contribution is -2.36. The average molecular weight is 268 g/mol. The summed E-state index contributed by atoms with van der Waals surface area (Å²) in [5.74, 6) is 0.394.